The van der Waals surface area contributed by atoms with E-state index in [1.807, 2.05) is 12.1 Å². The fourth-order valence-corrected chi connectivity index (χ4v) is 3.91. The number of nitro benzene ring substituents is 1. The Labute approximate surface area is 182 Å². The van der Waals surface area contributed by atoms with Gasteiger partial charge in [0, 0.05) is 23.2 Å². The van der Waals surface area contributed by atoms with Gasteiger partial charge in [-0.2, -0.15) is 0 Å². The molecule has 1 heterocycles. The number of nitro groups is 1. The van der Waals surface area contributed by atoms with E-state index in [2.05, 4.69) is 12.2 Å². The number of para-hydroxylation sites is 1. The maximum atomic E-state index is 13.9. The Morgan fingerprint density at radius 2 is 2.06 bits per heavy atom. The zero-order chi connectivity index (χ0) is 22.8. The van der Waals surface area contributed by atoms with Crippen LogP contribution in [0, 0.1) is 21.8 Å². The number of hydrogen-bond acceptors (Lipinski definition) is 6. The molecule has 0 bridgehead atoms. The largest absolute Gasteiger partial charge is 0.452 e. The molecule has 8 nitrogen and oxygen atoms in total. The number of rotatable bonds is 5. The van der Waals surface area contributed by atoms with Crippen LogP contribution in [0.3, 0.4) is 0 Å². The van der Waals surface area contributed by atoms with Gasteiger partial charge in [0.1, 0.15) is 5.82 Å². The smallest absolute Gasteiger partial charge is 0.339 e. The molecule has 1 unspecified atom stereocenters. The summed E-state index contributed by atoms with van der Waals surface area (Å²) in [4.78, 5) is 40.1. The second-order valence-corrected chi connectivity index (χ2v) is 7.82. The van der Waals surface area contributed by atoms with Gasteiger partial charge >= 0.3 is 5.97 Å². The van der Waals surface area contributed by atoms with Crippen molar-refractivity contribution in [1.82, 2.24) is 4.98 Å². The fourth-order valence-electron chi connectivity index (χ4n) is 3.91. The van der Waals surface area contributed by atoms with Crippen LogP contribution < -0.4 is 5.32 Å². The monoisotopic (exact) mass is 437 g/mol. The molecule has 0 saturated carbocycles. The number of ether oxygens (including phenoxy) is 1. The number of non-ortho nitro benzene ring substituents is 1. The van der Waals surface area contributed by atoms with Gasteiger partial charge in [0.05, 0.1) is 21.7 Å². The van der Waals surface area contributed by atoms with E-state index in [0.29, 0.717) is 28.8 Å². The standard InChI is InChI=1S/C23H20FN3O5/c1-13-6-9-19-16(10-13)22(15-4-2-3-5-18(15)25-19)23(29)32-12-21(28)26-20-11-14(27(30)31)7-8-17(20)24/h2-5,7-8,11,13H,6,9-10,12H2,1H3,(H,26,28). The molecule has 0 radical (unpaired) electrons. The molecular formula is C23H20FN3O5. The molecule has 4 rings (SSSR count). The lowest BCUT2D eigenvalue weighted by Gasteiger charge is -2.24. The summed E-state index contributed by atoms with van der Waals surface area (Å²) in [7, 11) is 0. The van der Waals surface area contributed by atoms with Gasteiger partial charge in [-0.25, -0.2) is 9.18 Å². The van der Waals surface area contributed by atoms with Crippen molar-refractivity contribution in [3.63, 3.8) is 0 Å². The number of carbonyl (C=O) groups excluding carboxylic acids is 2. The van der Waals surface area contributed by atoms with Crippen molar-refractivity contribution in [3.8, 4) is 0 Å². The number of esters is 1. The first-order chi connectivity index (χ1) is 15.3. The Balaban J connectivity index is 1.55. The third kappa shape index (κ3) is 4.27. The maximum absolute atomic E-state index is 13.9. The van der Waals surface area contributed by atoms with E-state index < -0.39 is 29.2 Å². The molecule has 0 fully saturated rings. The summed E-state index contributed by atoms with van der Waals surface area (Å²) in [5, 5.41) is 13.7. The first-order valence-electron chi connectivity index (χ1n) is 10.1. The Bertz CT molecular complexity index is 1240. The molecule has 1 aliphatic rings. The number of halogens is 1. The van der Waals surface area contributed by atoms with Gasteiger partial charge in [0.15, 0.2) is 6.61 Å². The first-order valence-corrected chi connectivity index (χ1v) is 10.1. The highest BCUT2D eigenvalue weighted by Crippen LogP contribution is 2.32. The predicted molar refractivity (Wildman–Crippen MR) is 115 cm³/mol. The summed E-state index contributed by atoms with van der Waals surface area (Å²) in [6.45, 7) is 1.44. The quantitative estimate of drug-likeness (QED) is 0.364. The number of carbonyl (C=O) groups is 2. The van der Waals surface area contributed by atoms with Crippen LogP contribution in [0.2, 0.25) is 0 Å². The minimum Gasteiger partial charge on any atom is -0.452 e. The molecule has 3 aromatic rings. The number of anilines is 1. The summed E-state index contributed by atoms with van der Waals surface area (Å²) in [6, 6.07) is 10.0. The van der Waals surface area contributed by atoms with Crippen LogP contribution >= 0.6 is 0 Å². The SMILES string of the molecule is CC1CCc2nc3ccccc3c(C(=O)OCC(=O)Nc3cc([N+](=O)[O-])ccc3F)c2C1. The molecule has 9 heteroatoms. The molecule has 1 aromatic heterocycles. The molecule has 1 atom stereocenters. The van der Waals surface area contributed by atoms with Gasteiger partial charge in [0.25, 0.3) is 11.6 Å². The number of aryl methyl sites for hydroxylation is 1. The van der Waals surface area contributed by atoms with Crippen LogP contribution in [0.1, 0.15) is 35.0 Å². The highest BCUT2D eigenvalue weighted by molar-refractivity contribution is 6.06. The van der Waals surface area contributed by atoms with E-state index in [-0.39, 0.29) is 11.4 Å². The van der Waals surface area contributed by atoms with Gasteiger partial charge < -0.3 is 10.1 Å². The predicted octanol–water partition coefficient (Wildman–Crippen LogP) is 4.20. The maximum Gasteiger partial charge on any atom is 0.339 e. The minimum absolute atomic E-state index is 0.360. The third-order valence-electron chi connectivity index (χ3n) is 5.48. The van der Waals surface area contributed by atoms with Crippen molar-refractivity contribution in [2.24, 2.45) is 5.92 Å². The van der Waals surface area contributed by atoms with E-state index in [1.54, 1.807) is 12.1 Å². The lowest BCUT2D eigenvalue weighted by molar-refractivity contribution is -0.384. The zero-order valence-corrected chi connectivity index (χ0v) is 17.3. The van der Waals surface area contributed by atoms with Crippen molar-refractivity contribution in [3.05, 3.63) is 75.2 Å². The van der Waals surface area contributed by atoms with Crippen LogP contribution in [0.4, 0.5) is 15.8 Å². The zero-order valence-electron chi connectivity index (χ0n) is 17.3. The number of pyridine rings is 1. The number of nitrogens with zero attached hydrogens (tertiary/aromatic N) is 2. The van der Waals surface area contributed by atoms with Crippen molar-refractivity contribution in [2.75, 3.05) is 11.9 Å². The molecule has 0 aliphatic heterocycles. The highest BCUT2D eigenvalue weighted by Gasteiger charge is 2.26. The van der Waals surface area contributed by atoms with E-state index >= 15 is 0 Å². The average molecular weight is 437 g/mol. The first kappa shape index (κ1) is 21.4. The summed E-state index contributed by atoms with van der Waals surface area (Å²) in [5.41, 5.74) is 2.03. The van der Waals surface area contributed by atoms with Crippen molar-refractivity contribution in [1.29, 1.82) is 0 Å². The Kier molecular flexibility index (Phi) is 5.81. The van der Waals surface area contributed by atoms with E-state index in [4.69, 9.17) is 9.72 Å². The van der Waals surface area contributed by atoms with Gasteiger partial charge in [-0.1, -0.05) is 25.1 Å². The van der Waals surface area contributed by atoms with Gasteiger partial charge in [0.2, 0.25) is 0 Å². The molecule has 1 amide bonds. The number of fused-ring (bicyclic) bond motifs is 2. The summed E-state index contributed by atoms with van der Waals surface area (Å²) < 4.78 is 19.2. The third-order valence-corrected chi connectivity index (χ3v) is 5.48. The lowest BCUT2D eigenvalue weighted by Crippen LogP contribution is -2.24. The van der Waals surface area contributed by atoms with E-state index in [1.165, 1.54) is 0 Å². The molecule has 0 spiro atoms. The van der Waals surface area contributed by atoms with E-state index in [9.17, 15) is 24.1 Å². The number of benzene rings is 2. The second-order valence-electron chi connectivity index (χ2n) is 7.82. The summed E-state index contributed by atoms with van der Waals surface area (Å²) >= 11 is 0. The van der Waals surface area contributed by atoms with Crippen molar-refractivity contribution >= 4 is 34.2 Å². The normalized spacial score (nSPS) is 15.1. The molecule has 2 aromatic carbocycles. The average Bonchev–Trinajstić information content (AvgIpc) is 2.77. The minimum atomic E-state index is -0.835. The topological polar surface area (TPSA) is 111 Å². The molecular weight excluding hydrogens is 417 g/mol. The summed E-state index contributed by atoms with van der Waals surface area (Å²) in [5.74, 6) is -1.92. The number of amides is 1. The van der Waals surface area contributed by atoms with Crippen LogP contribution in [0.5, 0.6) is 0 Å². The second kappa shape index (κ2) is 8.70. The number of nitrogens with one attached hydrogen (secondary N) is 1. The molecule has 32 heavy (non-hydrogen) atoms. The summed E-state index contributed by atoms with van der Waals surface area (Å²) in [6.07, 6.45) is 2.42. The van der Waals surface area contributed by atoms with Crippen LogP contribution in [-0.2, 0) is 22.4 Å². The van der Waals surface area contributed by atoms with Crippen LogP contribution in [0.25, 0.3) is 10.9 Å². The Hall–Kier alpha value is -3.88. The molecule has 1 N–H and O–H groups in total. The van der Waals surface area contributed by atoms with Crippen molar-refractivity contribution < 1.29 is 23.6 Å². The Morgan fingerprint density at radius 3 is 2.84 bits per heavy atom. The van der Waals surface area contributed by atoms with Crippen molar-refractivity contribution in [2.45, 2.75) is 26.2 Å². The highest BCUT2D eigenvalue weighted by atomic mass is 19.1. The van der Waals surface area contributed by atoms with Gasteiger partial charge in [-0.15, -0.1) is 0 Å². The number of aromatic nitrogens is 1. The van der Waals surface area contributed by atoms with E-state index in [0.717, 1.165) is 42.3 Å². The fraction of sp³-hybridized carbons (Fsp3) is 0.261. The molecule has 1 aliphatic carbocycles. The molecule has 0 saturated heterocycles. The Morgan fingerprint density at radius 1 is 1.28 bits per heavy atom. The lowest BCUT2D eigenvalue weighted by atomic mass is 9.84. The van der Waals surface area contributed by atoms with Gasteiger partial charge in [-0.05, 0) is 42.9 Å². The van der Waals surface area contributed by atoms with Crippen LogP contribution in [0.15, 0.2) is 42.5 Å². The van der Waals surface area contributed by atoms with Crippen LogP contribution in [-0.4, -0.2) is 28.4 Å². The number of hydrogen-bond donors (Lipinski definition) is 1. The molecule has 164 valence electrons. The van der Waals surface area contributed by atoms with Gasteiger partial charge in [-0.3, -0.25) is 19.9 Å².